The molecule has 0 radical (unpaired) electrons. The maximum absolute atomic E-state index is 5.76. The van der Waals surface area contributed by atoms with Gasteiger partial charge in [-0.15, -0.1) is 0 Å². The van der Waals surface area contributed by atoms with E-state index in [1.807, 2.05) is 67.6 Å². The zero-order valence-electron chi connectivity index (χ0n) is 12.9. The highest BCUT2D eigenvalue weighted by atomic mass is 14.7. The minimum Gasteiger partial charge on any atom is -0.397 e. The van der Waals surface area contributed by atoms with Gasteiger partial charge in [0, 0.05) is 22.7 Å². The molecule has 0 aliphatic carbocycles. The molecule has 0 amide bonds. The molecule has 4 N–H and O–H groups in total. The van der Waals surface area contributed by atoms with Crippen LogP contribution in [0.4, 0.5) is 11.4 Å². The minimum atomic E-state index is 0.739. The lowest BCUT2D eigenvalue weighted by Gasteiger charge is -2.00. The summed E-state index contributed by atoms with van der Waals surface area (Å²) >= 11 is 0. The number of para-hydroxylation sites is 2. The van der Waals surface area contributed by atoms with Crippen molar-refractivity contribution in [1.82, 2.24) is 9.97 Å². The molecule has 23 heavy (non-hydrogen) atoms. The third-order valence-electron chi connectivity index (χ3n) is 3.55. The Kier molecular flexibility index (Phi) is 4.06. The Morgan fingerprint density at radius 1 is 0.696 bits per heavy atom. The van der Waals surface area contributed by atoms with E-state index in [1.54, 1.807) is 6.20 Å². The van der Waals surface area contributed by atoms with Gasteiger partial charge in [0.25, 0.3) is 0 Å². The summed E-state index contributed by atoms with van der Waals surface area (Å²) in [6.07, 6.45) is 1.75. The second kappa shape index (κ2) is 6.32. The fourth-order valence-corrected chi connectivity index (χ4v) is 2.40. The molecule has 0 atom stereocenters. The van der Waals surface area contributed by atoms with Crippen molar-refractivity contribution < 1.29 is 0 Å². The van der Waals surface area contributed by atoms with E-state index in [-0.39, 0.29) is 0 Å². The maximum Gasteiger partial charge on any atom is 0.0934 e. The molecule has 0 spiro atoms. The fourth-order valence-electron chi connectivity index (χ4n) is 2.40. The van der Waals surface area contributed by atoms with Crippen LogP contribution in [0.1, 0.15) is 5.69 Å². The standard InChI is InChI=1S/C10H10N2.C9H8N2/c1-7-5-6-8-3-2-4-9(11)10(8)12-7;10-8-5-1-3-7-4-2-6-11-9(7)8/h2-6H,11H2,1H3;1-6H,10H2. The third-order valence-corrected chi connectivity index (χ3v) is 3.55. The number of aryl methyl sites for hydroxylation is 1. The van der Waals surface area contributed by atoms with Gasteiger partial charge in [-0.05, 0) is 31.2 Å². The lowest BCUT2D eigenvalue weighted by molar-refractivity contribution is 1.26. The molecule has 2 heterocycles. The molecular formula is C19H18N4. The van der Waals surface area contributed by atoms with Crippen LogP contribution in [0.2, 0.25) is 0 Å². The van der Waals surface area contributed by atoms with Gasteiger partial charge in [0.05, 0.1) is 22.4 Å². The molecule has 0 fully saturated rings. The van der Waals surface area contributed by atoms with Crippen LogP contribution in [-0.4, -0.2) is 9.97 Å². The highest BCUT2D eigenvalue weighted by Crippen LogP contribution is 2.18. The van der Waals surface area contributed by atoms with Crippen molar-refractivity contribution in [3.05, 3.63) is 72.6 Å². The first-order chi connectivity index (χ1) is 11.1. The van der Waals surface area contributed by atoms with Crippen LogP contribution in [0.15, 0.2) is 66.9 Å². The molecule has 4 heteroatoms. The number of aromatic nitrogens is 2. The van der Waals surface area contributed by atoms with Crippen molar-refractivity contribution in [1.29, 1.82) is 0 Å². The van der Waals surface area contributed by atoms with Crippen LogP contribution >= 0.6 is 0 Å². The average molecular weight is 302 g/mol. The lowest BCUT2D eigenvalue weighted by atomic mass is 10.2. The lowest BCUT2D eigenvalue weighted by Crippen LogP contribution is -1.90. The van der Waals surface area contributed by atoms with E-state index in [4.69, 9.17) is 11.5 Å². The number of fused-ring (bicyclic) bond motifs is 2. The Hall–Kier alpha value is -3.14. The van der Waals surface area contributed by atoms with E-state index < -0.39 is 0 Å². The molecule has 0 unspecified atom stereocenters. The van der Waals surface area contributed by atoms with Gasteiger partial charge in [-0.2, -0.15) is 0 Å². The Morgan fingerprint density at radius 3 is 2.00 bits per heavy atom. The summed E-state index contributed by atoms with van der Waals surface area (Å²) in [5.74, 6) is 0. The van der Waals surface area contributed by atoms with E-state index in [1.165, 1.54) is 0 Å². The number of benzene rings is 2. The zero-order valence-corrected chi connectivity index (χ0v) is 12.9. The molecular weight excluding hydrogens is 284 g/mol. The quantitative estimate of drug-likeness (QED) is 0.482. The van der Waals surface area contributed by atoms with E-state index >= 15 is 0 Å². The van der Waals surface area contributed by atoms with Gasteiger partial charge in [0.2, 0.25) is 0 Å². The van der Waals surface area contributed by atoms with Crippen molar-refractivity contribution in [2.75, 3.05) is 11.5 Å². The maximum atomic E-state index is 5.76. The van der Waals surface area contributed by atoms with Crippen LogP contribution in [0.5, 0.6) is 0 Å². The summed E-state index contributed by atoms with van der Waals surface area (Å²) < 4.78 is 0. The molecule has 0 aliphatic heterocycles. The second-order valence-electron chi connectivity index (χ2n) is 5.29. The predicted molar refractivity (Wildman–Crippen MR) is 97.0 cm³/mol. The largest absolute Gasteiger partial charge is 0.397 e. The number of anilines is 2. The highest BCUT2D eigenvalue weighted by Gasteiger charge is 1.97. The minimum absolute atomic E-state index is 0.739. The third kappa shape index (κ3) is 3.21. The summed E-state index contributed by atoms with van der Waals surface area (Å²) in [5, 5.41) is 2.19. The molecule has 0 saturated carbocycles. The van der Waals surface area contributed by atoms with E-state index in [2.05, 4.69) is 9.97 Å². The molecule has 4 aromatic rings. The molecule has 0 bridgehead atoms. The van der Waals surface area contributed by atoms with Crippen molar-refractivity contribution in [2.24, 2.45) is 0 Å². The molecule has 114 valence electrons. The van der Waals surface area contributed by atoms with Crippen LogP contribution in [-0.2, 0) is 0 Å². The van der Waals surface area contributed by atoms with Crippen molar-refractivity contribution in [3.8, 4) is 0 Å². The Balaban J connectivity index is 0.000000136. The van der Waals surface area contributed by atoms with Crippen LogP contribution in [0, 0.1) is 6.92 Å². The van der Waals surface area contributed by atoms with Crippen molar-refractivity contribution >= 4 is 33.2 Å². The number of nitrogens with two attached hydrogens (primary N) is 2. The molecule has 4 rings (SSSR count). The van der Waals surface area contributed by atoms with Crippen LogP contribution in [0.3, 0.4) is 0 Å². The Morgan fingerprint density at radius 2 is 1.30 bits per heavy atom. The van der Waals surface area contributed by atoms with Gasteiger partial charge in [-0.25, -0.2) is 0 Å². The highest BCUT2D eigenvalue weighted by molar-refractivity contribution is 5.89. The molecule has 2 aromatic carbocycles. The smallest absolute Gasteiger partial charge is 0.0934 e. The number of hydrogen-bond acceptors (Lipinski definition) is 4. The first-order valence-electron chi connectivity index (χ1n) is 7.36. The summed E-state index contributed by atoms with van der Waals surface area (Å²) in [7, 11) is 0. The summed E-state index contributed by atoms with van der Waals surface area (Å²) in [6, 6.07) is 19.5. The number of pyridine rings is 2. The van der Waals surface area contributed by atoms with Crippen LogP contribution in [0.25, 0.3) is 21.8 Å². The number of nitrogen functional groups attached to an aromatic ring is 2. The van der Waals surface area contributed by atoms with Gasteiger partial charge >= 0.3 is 0 Å². The fraction of sp³-hybridized carbons (Fsp3) is 0.0526. The SMILES string of the molecule is Cc1ccc2cccc(N)c2n1.Nc1cccc2cccnc12. The van der Waals surface area contributed by atoms with Gasteiger partial charge in [0.15, 0.2) is 0 Å². The summed E-state index contributed by atoms with van der Waals surface area (Å²) in [6.45, 7) is 1.96. The van der Waals surface area contributed by atoms with Crippen LogP contribution < -0.4 is 11.5 Å². The van der Waals surface area contributed by atoms with Gasteiger partial charge in [0.1, 0.15) is 0 Å². The normalized spacial score (nSPS) is 10.3. The zero-order chi connectivity index (χ0) is 16.2. The molecule has 0 aliphatic rings. The molecule has 0 saturated heterocycles. The predicted octanol–water partition coefficient (Wildman–Crippen LogP) is 3.94. The van der Waals surface area contributed by atoms with E-state index in [0.29, 0.717) is 0 Å². The van der Waals surface area contributed by atoms with Crippen molar-refractivity contribution in [2.45, 2.75) is 6.92 Å². The summed E-state index contributed by atoms with van der Waals surface area (Å²) in [5.41, 5.74) is 15.7. The molecule has 2 aromatic heterocycles. The molecule has 4 nitrogen and oxygen atoms in total. The monoisotopic (exact) mass is 302 g/mol. The average Bonchev–Trinajstić information content (AvgIpc) is 2.57. The number of hydrogen-bond donors (Lipinski definition) is 2. The Bertz CT molecular complexity index is 958. The van der Waals surface area contributed by atoms with Crippen molar-refractivity contribution in [3.63, 3.8) is 0 Å². The number of rotatable bonds is 0. The first kappa shape index (κ1) is 14.8. The summed E-state index contributed by atoms with van der Waals surface area (Å²) in [4.78, 5) is 8.51. The number of nitrogens with zero attached hydrogens (tertiary/aromatic N) is 2. The van der Waals surface area contributed by atoms with Gasteiger partial charge in [-0.1, -0.05) is 36.4 Å². The van der Waals surface area contributed by atoms with E-state index in [0.717, 1.165) is 38.9 Å². The van der Waals surface area contributed by atoms with Gasteiger partial charge < -0.3 is 11.5 Å². The van der Waals surface area contributed by atoms with Gasteiger partial charge in [-0.3, -0.25) is 9.97 Å². The first-order valence-corrected chi connectivity index (χ1v) is 7.36. The Labute approximate surface area is 134 Å². The van der Waals surface area contributed by atoms with E-state index in [9.17, 15) is 0 Å². The topological polar surface area (TPSA) is 77.8 Å². The second-order valence-corrected chi connectivity index (χ2v) is 5.29.